The average Bonchev–Trinajstić information content (AvgIpc) is 2.35. The van der Waals surface area contributed by atoms with Crippen LogP contribution < -0.4 is 5.19 Å². The highest BCUT2D eigenvalue weighted by molar-refractivity contribution is 6.67. The molecule has 0 heterocycles. The van der Waals surface area contributed by atoms with Gasteiger partial charge in [-0.05, 0) is 24.6 Å². The molecule has 0 aromatic heterocycles. The van der Waals surface area contributed by atoms with E-state index in [9.17, 15) is 0 Å². The van der Waals surface area contributed by atoms with Crippen molar-refractivity contribution in [3.8, 4) is 0 Å². The summed E-state index contributed by atoms with van der Waals surface area (Å²) in [6.07, 6.45) is 1.04. The van der Waals surface area contributed by atoms with E-state index >= 15 is 0 Å². The fourth-order valence-corrected chi connectivity index (χ4v) is 3.06. The van der Waals surface area contributed by atoms with Crippen molar-refractivity contribution in [1.82, 2.24) is 0 Å². The van der Waals surface area contributed by atoms with Crippen LogP contribution in [0.25, 0.3) is 0 Å². The van der Waals surface area contributed by atoms with Gasteiger partial charge in [-0.2, -0.15) is 0 Å². The van der Waals surface area contributed by atoms with Crippen molar-refractivity contribution in [2.24, 2.45) is 4.99 Å². The minimum absolute atomic E-state index is 0.872. The minimum Gasteiger partial charge on any atom is -0.415 e. The summed E-state index contributed by atoms with van der Waals surface area (Å²) in [6.45, 7) is 5.11. The minimum atomic E-state index is -0.872. The highest BCUT2D eigenvalue weighted by Crippen LogP contribution is 1.98. The molecule has 0 aliphatic heterocycles. The standard InChI is InChI=1S/C13H20NOSi/c1-4-12(2)14-10-11-16(15-3)13-8-6-5-7-9-13/h5-9H,4,10-11H2,1-3H3. The van der Waals surface area contributed by atoms with Gasteiger partial charge in [0, 0.05) is 19.4 Å². The van der Waals surface area contributed by atoms with Crippen molar-refractivity contribution in [1.29, 1.82) is 0 Å². The third-order valence-corrected chi connectivity index (χ3v) is 4.72. The lowest BCUT2D eigenvalue weighted by molar-refractivity contribution is 0.429. The zero-order valence-corrected chi connectivity index (χ0v) is 11.4. The van der Waals surface area contributed by atoms with Crippen molar-refractivity contribution < 1.29 is 4.43 Å². The van der Waals surface area contributed by atoms with E-state index in [4.69, 9.17) is 4.43 Å². The predicted octanol–water partition coefficient (Wildman–Crippen LogP) is 2.40. The zero-order chi connectivity index (χ0) is 11.8. The maximum absolute atomic E-state index is 5.58. The molecule has 1 aromatic carbocycles. The van der Waals surface area contributed by atoms with Gasteiger partial charge in [-0.3, -0.25) is 4.99 Å². The van der Waals surface area contributed by atoms with Crippen molar-refractivity contribution in [2.45, 2.75) is 26.3 Å². The molecule has 1 radical (unpaired) electrons. The van der Waals surface area contributed by atoms with E-state index in [1.54, 1.807) is 7.11 Å². The second-order valence-corrected chi connectivity index (χ2v) is 6.05. The summed E-state index contributed by atoms with van der Waals surface area (Å²) in [5.74, 6) is 0. The summed E-state index contributed by atoms with van der Waals surface area (Å²) in [7, 11) is 0.931. The van der Waals surface area contributed by atoms with Gasteiger partial charge in [0.2, 0.25) is 9.04 Å². The van der Waals surface area contributed by atoms with Gasteiger partial charge in [-0.1, -0.05) is 37.3 Å². The lowest BCUT2D eigenvalue weighted by Gasteiger charge is -2.11. The van der Waals surface area contributed by atoms with Crippen LogP contribution in [0.5, 0.6) is 0 Å². The van der Waals surface area contributed by atoms with Crippen molar-refractivity contribution >= 4 is 19.9 Å². The molecular weight excluding hydrogens is 214 g/mol. The van der Waals surface area contributed by atoms with E-state index in [-0.39, 0.29) is 0 Å². The SMILES string of the molecule is CCC(C)=NCC[Si](OC)c1ccccc1. The molecule has 0 saturated carbocycles. The first-order valence-electron chi connectivity index (χ1n) is 5.73. The summed E-state index contributed by atoms with van der Waals surface area (Å²) >= 11 is 0. The fraction of sp³-hybridized carbons (Fsp3) is 0.462. The number of nitrogens with zero attached hydrogens (tertiary/aromatic N) is 1. The molecule has 1 aromatic rings. The van der Waals surface area contributed by atoms with Crippen LogP contribution in [-0.4, -0.2) is 28.4 Å². The number of hydrogen-bond donors (Lipinski definition) is 0. The van der Waals surface area contributed by atoms with Crippen LogP contribution in [0.1, 0.15) is 20.3 Å². The molecule has 0 N–H and O–H groups in total. The Hall–Kier alpha value is -0.933. The first-order valence-corrected chi connectivity index (χ1v) is 7.34. The molecule has 0 aliphatic rings. The van der Waals surface area contributed by atoms with E-state index in [0.717, 1.165) is 19.0 Å². The molecule has 2 nitrogen and oxygen atoms in total. The van der Waals surface area contributed by atoms with Gasteiger partial charge < -0.3 is 4.43 Å². The molecule has 0 unspecified atom stereocenters. The number of benzene rings is 1. The third kappa shape index (κ3) is 4.29. The maximum atomic E-state index is 5.58. The highest BCUT2D eigenvalue weighted by atomic mass is 28.3. The monoisotopic (exact) mass is 234 g/mol. The fourth-order valence-electron chi connectivity index (χ4n) is 1.45. The largest absolute Gasteiger partial charge is 0.415 e. The van der Waals surface area contributed by atoms with Gasteiger partial charge in [0.1, 0.15) is 0 Å². The van der Waals surface area contributed by atoms with Crippen LogP contribution in [0, 0.1) is 0 Å². The van der Waals surface area contributed by atoms with Crippen LogP contribution in [0.4, 0.5) is 0 Å². The van der Waals surface area contributed by atoms with Gasteiger partial charge in [0.15, 0.2) is 0 Å². The lowest BCUT2D eigenvalue weighted by atomic mass is 10.3. The van der Waals surface area contributed by atoms with Crippen molar-refractivity contribution in [3.63, 3.8) is 0 Å². The molecule has 87 valence electrons. The van der Waals surface area contributed by atoms with E-state index in [0.29, 0.717) is 0 Å². The smallest absolute Gasteiger partial charge is 0.248 e. The first-order chi connectivity index (χ1) is 7.77. The molecule has 0 fully saturated rings. The van der Waals surface area contributed by atoms with Crippen LogP contribution in [0.2, 0.25) is 6.04 Å². The van der Waals surface area contributed by atoms with E-state index in [1.807, 2.05) is 6.07 Å². The molecule has 1 rings (SSSR count). The molecular formula is C13H20NOSi. The predicted molar refractivity (Wildman–Crippen MR) is 71.9 cm³/mol. The van der Waals surface area contributed by atoms with Crippen LogP contribution >= 0.6 is 0 Å². The van der Waals surface area contributed by atoms with Crippen LogP contribution in [0.3, 0.4) is 0 Å². The molecule has 3 heteroatoms. The van der Waals surface area contributed by atoms with E-state index < -0.39 is 9.04 Å². The van der Waals surface area contributed by atoms with Crippen molar-refractivity contribution in [2.75, 3.05) is 13.7 Å². The Morgan fingerprint density at radius 3 is 2.56 bits per heavy atom. The Morgan fingerprint density at radius 1 is 1.31 bits per heavy atom. The first kappa shape index (κ1) is 13.1. The third-order valence-electron chi connectivity index (χ3n) is 2.57. The van der Waals surface area contributed by atoms with Gasteiger partial charge >= 0.3 is 0 Å². The molecule has 16 heavy (non-hydrogen) atoms. The average molecular weight is 234 g/mol. The second kappa shape index (κ2) is 7.36. The maximum Gasteiger partial charge on any atom is 0.248 e. The summed E-state index contributed by atoms with van der Waals surface area (Å²) in [5.41, 5.74) is 1.23. The quantitative estimate of drug-likeness (QED) is 0.547. The lowest BCUT2D eigenvalue weighted by Crippen LogP contribution is -2.32. The van der Waals surface area contributed by atoms with Gasteiger partial charge in [-0.15, -0.1) is 0 Å². The van der Waals surface area contributed by atoms with Crippen LogP contribution in [-0.2, 0) is 4.43 Å². The summed E-state index contributed by atoms with van der Waals surface area (Å²) in [4.78, 5) is 4.52. The Balaban J connectivity index is 2.51. The summed E-state index contributed by atoms with van der Waals surface area (Å²) in [5, 5.41) is 1.33. The van der Waals surface area contributed by atoms with Crippen molar-refractivity contribution in [3.05, 3.63) is 30.3 Å². The number of aliphatic imine (C=N–C) groups is 1. The van der Waals surface area contributed by atoms with E-state index in [1.165, 1.54) is 10.9 Å². The molecule has 0 spiro atoms. The number of rotatable bonds is 6. The van der Waals surface area contributed by atoms with E-state index in [2.05, 4.69) is 43.1 Å². The summed E-state index contributed by atoms with van der Waals surface area (Å²) < 4.78 is 5.58. The second-order valence-electron chi connectivity index (χ2n) is 3.71. The van der Waals surface area contributed by atoms with Crippen LogP contribution in [0.15, 0.2) is 35.3 Å². The molecule has 0 saturated heterocycles. The molecule has 0 aliphatic carbocycles. The van der Waals surface area contributed by atoms with Gasteiger partial charge in [0.25, 0.3) is 0 Å². The van der Waals surface area contributed by atoms with Gasteiger partial charge in [0.05, 0.1) is 0 Å². The Bertz CT molecular complexity index is 324. The van der Waals surface area contributed by atoms with Gasteiger partial charge in [-0.25, -0.2) is 0 Å². The normalized spacial score (nSPS) is 12.1. The summed E-state index contributed by atoms with van der Waals surface area (Å²) in [6, 6.07) is 11.5. The Kier molecular flexibility index (Phi) is 6.04. The topological polar surface area (TPSA) is 21.6 Å². The molecule has 0 bridgehead atoms. The number of hydrogen-bond acceptors (Lipinski definition) is 2. The Labute approximate surface area is 100 Å². The molecule has 0 amide bonds. The zero-order valence-electron chi connectivity index (χ0n) is 10.4. The molecule has 0 atom stereocenters. The Morgan fingerprint density at radius 2 is 2.00 bits per heavy atom. The highest BCUT2D eigenvalue weighted by Gasteiger charge is 2.13.